The summed E-state index contributed by atoms with van der Waals surface area (Å²) in [6.07, 6.45) is 0. The molecule has 0 aliphatic carbocycles. The van der Waals surface area contributed by atoms with E-state index in [0.717, 1.165) is 27.6 Å². The van der Waals surface area contributed by atoms with Crippen LogP contribution in [0.5, 0.6) is 11.5 Å². The summed E-state index contributed by atoms with van der Waals surface area (Å²) in [4.78, 5) is 4.45. The maximum atomic E-state index is 5.39. The van der Waals surface area contributed by atoms with E-state index >= 15 is 0 Å². The van der Waals surface area contributed by atoms with Gasteiger partial charge in [-0.15, -0.1) is 10.2 Å². The molecule has 4 aromatic rings. The molecular weight excluding hydrogens is 388 g/mol. The molecule has 1 aliphatic heterocycles. The van der Waals surface area contributed by atoms with Gasteiger partial charge in [-0.2, -0.15) is 4.98 Å². The molecule has 5 rings (SSSR count). The van der Waals surface area contributed by atoms with Gasteiger partial charge in [0.05, 0.1) is 11.4 Å². The predicted octanol–water partition coefficient (Wildman–Crippen LogP) is 4.52. The summed E-state index contributed by atoms with van der Waals surface area (Å²) in [7, 11) is 0. The third-order valence-electron chi connectivity index (χ3n) is 4.43. The summed E-state index contributed by atoms with van der Waals surface area (Å²) in [5.41, 5.74) is 3.92. The van der Waals surface area contributed by atoms with E-state index < -0.39 is 0 Å². The van der Waals surface area contributed by atoms with Crippen molar-refractivity contribution >= 4 is 11.8 Å². The molecule has 0 N–H and O–H groups in total. The fraction of sp³-hybridized carbons (Fsp3) is 0.143. The van der Waals surface area contributed by atoms with Crippen LogP contribution in [0, 0.1) is 6.92 Å². The second-order valence-corrected chi connectivity index (χ2v) is 7.49. The van der Waals surface area contributed by atoms with Gasteiger partial charge in [0.15, 0.2) is 11.5 Å². The lowest BCUT2D eigenvalue weighted by molar-refractivity contribution is 0.174. The molecule has 29 heavy (non-hydrogen) atoms. The number of fused-ring (bicyclic) bond motifs is 1. The molecular formula is C21H16N4O3S. The van der Waals surface area contributed by atoms with Gasteiger partial charge in [0.25, 0.3) is 0 Å². The molecule has 0 amide bonds. The molecule has 0 unspecified atom stereocenters. The maximum absolute atomic E-state index is 5.39. The number of nitrogens with zero attached hydrogens (tertiary/aromatic N) is 4. The van der Waals surface area contributed by atoms with Crippen LogP contribution in [0.15, 0.2) is 64.1 Å². The zero-order chi connectivity index (χ0) is 19.6. The summed E-state index contributed by atoms with van der Waals surface area (Å²) >= 11 is 1.49. The maximum Gasteiger partial charge on any atom is 0.237 e. The van der Waals surface area contributed by atoms with Gasteiger partial charge in [-0.3, -0.25) is 0 Å². The molecule has 3 heterocycles. The third kappa shape index (κ3) is 3.79. The molecule has 2 aromatic heterocycles. The average Bonchev–Trinajstić information content (AvgIpc) is 3.42. The van der Waals surface area contributed by atoms with Gasteiger partial charge >= 0.3 is 0 Å². The van der Waals surface area contributed by atoms with Crippen LogP contribution < -0.4 is 9.47 Å². The molecule has 8 heteroatoms. The van der Waals surface area contributed by atoms with Crippen molar-refractivity contribution in [1.29, 1.82) is 0 Å². The molecule has 0 saturated heterocycles. The predicted molar refractivity (Wildman–Crippen MR) is 108 cm³/mol. The highest BCUT2D eigenvalue weighted by molar-refractivity contribution is 7.98. The van der Waals surface area contributed by atoms with Gasteiger partial charge in [-0.1, -0.05) is 46.7 Å². The Morgan fingerprint density at radius 3 is 2.55 bits per heavy atom. The summed E-state index contributed by atoms with van der Waals surface area (Å²) in [6.45, 7) is 2.29. The quantitative estimate of drug-likeness (QED) is 0.449. The first-order valence-corrected chi connectivity index (χ1v) is 9.99. The van der Waals surface area contributed by atoms with Crippen LogP contribution in [0.25, 0.3) is 22.6 Å². The minimum absolute atomic E-state index is 0.233. The topological polar surface area (TPSA) is 83.2 Å². The molecule has 0 fully saturated rings. The highest BCUT2D eigenvalue weighted by atomic mass is 32.2. The Labute approximate surface area is 171 Å². The minimum atomic E-state index is 0.233. The number of aryl methyl sites for hydroxylation is 1. The largest absolute Gasteiger partial charge is 0.454 e. The standard InChI is InChI=1S/C21H16N4O3S/c1-13-2-4-14(5-3-13)16-7-9-20(24-23-16)29-11-19-22-21(25-28-19)15-6-8-17-18(10-15)27-12-26-17/h2-10H,11-12H2,1H3. The first-order valence-electron chi connectivity index (χ1n) is 9.01. The number of rotatable bonds is 5. The highest BCUT2D eigenvalue weighted by Crippen LogP contribution is 2.35. The van der Waals surface area contributed by atoms with Crippen molar-refractivity contribution in [1.82, 2.24) is 20.3 Å². The molecule has 1 aliphatic rings. The fourth-order valence-corrected chi connectivity index (χ4v) is 3.53. The highest BCUT2D eigenvalue weighted by Gasteiger charge is 2.16. The number of hydrogen-bond donors (Lipinski definition) is 0. The third-order valence-corrected chi connectivity index (χ3v) is 5.33. The Balaban J connectivity index is 1.24. The number of benzene rings is 2. The summed E-state index contributed by atoms with van der Waals surface area (Å²) < 4.78 is 16.1. The van der Waals surface area contributed by atoms with Crippen molar-refractivity contribution in [2.45, 2.75) is 17.7 Å². The lowest BCUT2D eigenvalue weighted by atomic mass is 10.1. The van der Waals surface area contributed by atoms with E-state index in [1.807, 2.05) is 42.5 Å². The van der Waals surface area contributed by atoms with Gasteiger partial charge in [-0.05, 0) is 37.3 Å². The molecule has 0 bridgehead atoms. The molecule has 144 valence electrons. The number of hydrogen-bond acceptors (Lipinski definition) is 8. The van der Waals surface area contributed by atoms with Crippen LogP contribution in [-0.2, 0) is 5.75 Å². The van der Waals surface area contributed by atoms with E-state index in [1.165, 1.54) is 17.3 Å². The van der Waals surface area contributed by atoms with Crippen molar-refractivity contribution in [3.8, 4) is 34.1 Å². The van der Waals surface area contributed by atoms with Crippen molar-refractivity contribution in [3.05, 3.63) is 66.1 Å². The van der Waals surface area contributed by atoms with Crippen LogP contribution in [0.4, 0.5) is 0 Å². The van der Waals surface area contributed by atoms with Crippen LogP contribution in [0.2, 0.25) is 0 Å². The van der Waals surface area contributed by atoms with Gasteiger partial charge in [0, 0.05) is 11.1 Å². The van der Waals surface area contributed by atoms with Crippen molar-refractivity contribution in [3.63, 3.8) is 0 Å². The Hall–Kier alpha value is -3.39. The number of ether oxygens (including phenoxy) is 2. The van der Waals surface area contributed by atoms with E-state index in [9.17, 15) is 0 Å². The molecule has 0 saturated carbocycles. The van der Waals surface area contributed by atoms with E-state index in [-0.39, 0.29) is 6.79 Å². The van der Waals surface area contributed by atoms with Crippen LogP contribution >= 0.6 is 11.8 Å². The van der Waals surface area contributed by atoms with Crippen LogP contribution in [0.3, 0.4) is 0 Å². The zero-order valence-electron chi connectivity index (χ0n) is 15.5. The molecule has 0 atom stereocenters. The van der Waals surface area contributed by atoms with Crippen molar-refractivity contribution in [2.75, 3.05) is 6.79 Å². The van der Waals surface area contributed by atoms with E-state index in [1.54, 1.807) is 0 Å². The van der Waals surface area contributed by atoms with Gasteiger partial charge < -0.3 is 14.0 Å². The van der Waals surface area contributed by atoms with Crippen molar-refractivity contribution < 1.29 is 14.0 Å². The van der Waals surface area contributed by atoms with E-state index in [2.05, 4.69) is 39.4 Å². The Morgan fingerprint density at radius 2 is 1.72 bits per heavy atom. The van der Waals surface area contributed by atoms with Crippen LogP contribution in [-0.4, -0.2) is 27.1 Å². The SMILES string of the molecule is Cc1ccc(-c2ccc(SCc3nc(-c4ccc5c(c4)OCO5)no3)nn2)cc1. The monoisotopic (exact) mass is 404 g/mol. The Morgan fingerprint density at radius 1 is 0.897 bits per heavy atom. The van der Waals surface area contributed by atoms with Crippen LogP contribution in [0.1, 0.15) is 11.5 Å². The molecule has 0 spiro atoms. The van der Waals surface area contributed by atoms with Gasteiger partial charge in [0.2, 0.25) is 18.5 Å². The second kappa shape index (κ2) is 7.56. The second-order valence-electron chi connectivity index (χ2n) is 6.49. The lowest BCUT2D eigenvalue weighted by Gasteiger charge is -2.02. The van der Waals surface area contributed by atoms with Crippen molar-refractivity contribution in [2.24, 2.45) is 0 Å². The first kappa shape index (κ1) is 17.7. The zero-order valence-corrected chi connectivity index (χ0v) is 16.3. The minimum Gasteiger partial charge on any atom is -0.454 e. The fourth-order valence-electron chi connectivity index (χ4n) is 2.88. The van der Waals surface area contributed by atoms with Gasteiger partial charge in [0.1, 0.15) is 5.03 Å². The van der Waals surface area contributed by atoms with Gasteiger partial charge in [-0.25, -0.2) is 0 Å². The molecule has 7 nitrogen and oxygen atoms in total. The van der Waals surface area contributed by atoms with E-state index in [4.69, 9.17) is 14.0 Å². The normalized spacial score (nSPS) is 12.3. The first-order chi connectivity index (χ1) is 14.2. The summed E-state index contributed by atoms with van der Waals surface area (Å²) in [5.74, 6) is 2.95. The molecule has 2 aromatic carbocycles. The Kier molecular flexibility index (Phi) is 4.61. The average molecular weight is 404 g/mol. The Bertz CT molecular complexity index is 1140. The number of aromatic nitrogens is 4. The van der Waals surface area contributed by atoms with E-state index in [0.29, 0.717) is 23.2 Å². The molecule has 0 radical (unpaired) electrons. The summed E-state index contributed by atoms with van der Waals surface area (Å²) in [6, 6.07) is 17.7. The number of thioether (sulfide) groups is 1. The summed E-state index contributed by atoms with van der Waals surface area (Å²) in [5, 5.41) is 13.5. The smallest absolute Gasteiger partial charge is 0.237 e. The lowest BCUT2D eigenvalue weighted by Crippen LogP contribution is -1.92.